The van der Waals surface area contributed by atoms with Crippen molar-refractivity contribution >= 4 is 0 Å². The number of hydrogen-bond donors (Lipinski definition) is 1. The third-order valence-corrected chi connectivity index (χ3v) is 3.57. The molecule has 2 N–H and O–H groups in total. The minimum absolute atomic E-state index is 0.107. The Morgan fingerprint density at radius 2 is 2.12 bits per heavy atom. The molecule has 0 radical (unpaired) electrons. The molecule has 0 aromatic heterocycles. The van der Waals surface area contributed by atoms with Crippen molar-refractivity contribution in [1.82, 2.24) is 0 Å². The summed E-state index contributed by atoms with van der Waals surface area (Å²) in [6.45, 7) is 1.68. The van der Waals surface area contributed by atoms with Crippen LogP contribution in [0.5, 0.6) is 5.75 Å². The molecule has 2 heterocycles. The molecule has 0 spiro atoms. The van der Waals surface area contributed by atoms with Crippen molar-refractivity contribution in [2.24, 2.45) is 11.7 Å². The van der Waals surface area contributed by atoms with Crippen molar-refractivity contribution in [3.8, 4) is 5.75 Å². The van der Waals surface area contributed by atoms with Crippen molar-refractivity contribution < 1.29 is 9.47 Å². The van der Waals surface area contributed by atoms with Crippen LogP contribution in [0.25, 0.3) is 0 Å². The summed E-state index contributed by atoms with van der Waals surface area (Å²) in [5, 5.41) is 0. The van der Waals surface area contributed by atoms with Crippen LogP contribution in [-0.2, 0) is 4.74 Å². The largest absolute Gasteiger partial charge is 0.490 e. The summed E-state index contributed by atoms with van der Waals surface area (Å²) >= 11 is 0. The highest BCUT2D eigenvalue weighted by molar-refractivity contribution is 5.37. The maximum Gasteiger partial charge on any atom is 0.124 e. The maximum atomic E-state index is 6.18. The molecule has 3 nitrogen and oxygen atoms in total. The van der Waals surface area contributed by atoms with Crippen LogP contribution in [0.15, 0.2) is 24.3 Å². The Balaban J connectivity index is 1.83. The summed E-state index contributed by atoms with van der Waals surface area (Å²) < 4.78 is 11.4. The molecule has 0 bridgehead atoms. The van der Waals surface area contributed by atoms with Crippen molar-refractivity contribution in [3.63, 3.8) is 0 Å². The minimum Gasteiger partial charge on any atom is -0.490 e. The first-order chi connectivity index (χ1) is 7.84. The zero-order valence-electron chi connectivity index (χ0n) is 9.26. The molecular formula is C13H17NO2. The molecule has 1 fully saturated rings. The number of nitrogens with two attached hydrogens (primary N) is 1. The standard InChI is InChI=1S/C13H17NO2/c14-11-7-13(9-5-6-15-8-9)16-12-4-2-1-3-10(11)12/h1-4,9,11,13H,5-8,14H2/t9?,11-,13?/m0/s1. The third kappa shape index (κ3) is 1.70. The van der Waals surface area contributed by atoms with E-state index < -0.39 is 0 Å². The van der Waals surface area contributed by atoms with Gasteiger partial charge in [0.25, 0.3) is 0 Å². The van der Waals surface area contributed by atoms with E-state index in [-0.39, 0.29) is 12.1 Å². The molecule has 2 aliphatic heterocycles. The van der Waals surface area contributed by atoms with Gasteiger partial charge >= 0.3 is 0 Å². The van der Waals surface area contributed by atoms with Crippen molar-refractivity contribution in [3.05, 3.63) is 29.8 Å². The number of fused-ring (bicyclic) bond motifs is 1. The Labute approximate surface area is 95.5 Å². The van der Waals surface area contributed by atoms with Gasteiger partial charge in [0.2, 0.25) is 0 Å². The van der Waals surface area contributed by atoms with Gasteiger partial charge in [-0.25, -0.2) is 0 Å². The van der Waals surface area contributed by atoms with E-state index in [1.165, 1.54) is 0 Å². The average molecular weight is 219 g/mol. The van der Waals surface area contributed by atoms with E-state index in [0.29, 0.717) is 5.92 Å². The first-order valence-electron chi connectivity index (χ1n) is 5.93. The Hall–Kier alpha value is -1.06. The molecule has 3 rings (SSSR count). The van der Waals surface area contributed by atoms with Gasteiger partial charge in [-0.05, 0) is 12.5 Å². The second-order valence-electron chi connectivity index (χ2n) is 4.66. The van der Waals surface area contributed by atoms with E-state index in [4.69, 9.17) is 15.2 Å². The third-order valence-electron chi connectivity index (χ3n) is 3.57. The fourth-order valence-corrected chi connectivity index (χ4v) is 2.62. The maximum absolute atomic E-state index is 6.18. The van der Waals surface area contributed by atoms with Crippen LogP contribution < -0.4 is 10.5 Å². The molecule has 0 aliphatic carbocycles. The first-order valence-corrected chi connectivity index (χ1v) is 5.93. The number of rotatable bonds is 1. The van der Waals surface area contributed by atoms with Gasteiger partial charge in [0.1, 0.15) is 11.9 Å². The van der Waals surface area contributed by atoms with Gasteiger partial charge in [0, 0.05) is 30.6 Å². The van der Waals surface area contributed by atoms with Crippen LogP contribution in [0, 0.1) is 5.92 Å². The van der Waals surface area contributed by atoms with E-state index in [1.54, 1.807) is 0 Å². The second kappa shape index (κ2) is 4.07. The van der Waals surface area contributed by atoms with Gasteiger partial charge < -0.3 is 15.2 Å². The summed E-state index contributed by atoms with van der Waals surface area (Å²) in [6, 6.07) is 8.19. The van der Waals surface area contributed by atoms with Crippen LogP contribution in [0.4, 0.5) is 0 Å². The lowest BCUT2D eigenvalue weighted by Gasteiger charge is -2.33. The van der Waals surface area contributed by atoms with Gasteiger partial charge in [-0.15, -0.1) is 0 Å². The van der Waals surface area contributed by atoms with E-state index in [9.17, 15) is 0 Å². The number of hydrogen-bond acceptors (Lipinski definition) is 3. The number of para-hydroxylation sites is 1. The topological polar surface area (TPSA) is 44.5 Å². The average Bonchev–Trinajstić information content (AvgIpc) is 2.82. The Morgan fingerprint density at radius 3 is 2.94 bits per heavy atom. The predicted octanol–water partition coefficient (Wildman–Crippen LogP) is 1.87. The normalized spacial score (nSPS) is 33.2. The molecule has 86 valence electrons. The van der Waals surface area contributed by atoms with Crippen LogP contribution in [0.1, 0.15) is 24.4 Å². The van der Waals surface area contributed by atoms with Crippen LogP contribution in [0.3, 0.4) is 0 Å². The molecule has 3 heteroatoms. The summed E-state index contributed by atoms with van der Waals surface area (Å²) in [5.74, 6) is 1.47. The zero-order chi connectivity index (χ0) is 11.0. The highest BCUT2D eigenvalue weighted by Crippen LogP contribution is 2.36. The second-order valence-corrected chi connectivity index (χ2v) is 4.66. The lowest BCUT2D eigenvalue weighted by molar-refractivity contribution is 0.0855. The number of ether oxygens (including phenoxy) is 2. The minimum atomic E-state index is 0.107. The quantitative estimate of drug-likeness (QED) is 0.784. The molecule has 16 heavy (non-hydrogen) atoms. The SMILES string of the molecule is N[C@H]1CC(C2CCOC2)Oc2ccccc21. The molecule has 0 saturated carbocycles. The van der Waals surface area contributed by atoms with Gasteiger partial charge in [0.15, 0.2) is 0 Å². The van der Waals surface area contributed by atoms with Gasteiger partial charge in [0.05, 0.1) is 6.61 Å². The molecule has 0 amide bonds. The lowest BCUT2D eigenvalue weighted by Crippen LogP contribution is -2.35. The van der Waals surface area contributed by atoms with Crippen LogP contribution in [-0.4, -0.2) is 19.3 Å². The van der Waals surface area contributed by atoms with E-state index in [2.05, 4.69) is 6.07 Å². The van der Waals surface area contributed by atoms with Crippen molar-refractivity contribution in [2.45, 2.75) is 25.0 Å². The van der Waals surface area contributed by atoms with Gasteiger partial charge in [-0.1, -0.05) is 18.2 Å². The highest BCUT2D eigenvalue weighted by atomic mass is 16.5. The summed E-state index contributed by atoms with van der Waals surface area (Å²) in [5.41, 5.74) is 7.32. The van der Waals surface area contributed by atoms with Gasteiger partial charge in [-0.3, -0.25) is 0 Å². The van der Waals surface area contributed by atoms with Crippen LogP contribution >= 0.6 is 0 Å². The molecule has 2 aliphatic rings. The summed E-state index contributed by atoms with van der Waals surface area (Å²) in [6.07, 6.45) is 2.23. The molecule has 1 aromatic rings. The summed E-state index contributed by atoms with van der Waals surface area (Å²) in [7, 11) is 0. The lowest BCUT2D eigenvalue weighted by atomic mass is 9.90. The Bertz CT molecular complexity index is 374. The van der Waals surface area contributed by atoms with Crippen LogP contribution in [0.2, 0.25) is 0 Å². The first kappa shape index (κ1) is 10.1. The molecule has 3 atom stereocenters. The van der Waals surface area contributed by atoms with Crippen molar-refractivity contribution in [2.75, 3.05) is 13.2 Å². The molecule has 1 saturated heterocycles. The van der Waals surface area contributed by atoms with E-state index in [1.807, 2.05) is 18.2 Å². The smallest absolute Gasteiger partial charge is 0.124 e. The molecular weight excluding hydrogens is 202 g/mol. The Morgan fingerprint density at radius 1 is 1.25 bits per heavy atom. The number of benzene rings is 1. The Kier molecular flexibility index (Phi) is 2.58. The highest BCUT2D eigenvalue weighted by Gasteiger charge is 2.33. The fourth-order valence-electron chi connectivity index (χ4n) is 2.62. The van der Waals surface area contributed by atoms with Crippen molar-refractivity contribution in [1.29, 1.82) is 0 Å². The predicted molar refractivity (Wildman–Crippen MR) is 61.3 cm³/mol. The fraction of sp³-hybridized carbons (Fsp3) is 0.538. The molecule has 1 aromatic carbocycles. The van der Waals surface area contributed by atoms with E-state index >= 15 is 0 Å². The van der Waals surface area contributed by atoms with Gasteiger partial charge in [-0.2, -0.15) is 0 Å². The zero-order valence-corrected chi connectivity index (χ0v) is 9.26. The summed E-state index contributed by atoms with van der Waals surface area (Å²) in [4.78, 5) is 0. The van der Waals surface area contributed by atoms with E-state index in [0.717, 1.165) is 37.4 Å². The monoisotopic (exact) mass is 219 g/mol. The molecule has 2 unspecified atom stereocenters.